The number of nitrogens with one attached hydrogen (secondary N) is 1. The summed E-state index contributed by atoms with van der Waals surface area (Å²) in [5.41, 5.74) is 3.51. The van der Waals surface area contributed by atoms with E-state index in [0.29, 0.717) is 30.3 Å². The van der Waals surface area contributed by atoms with Gasteiger partial charge in [-0.2, -0.15) is 0 Å². The molecule has 25 heavy (non-hydrogen) atoms. The molecule has 0 aliphatic carbocycles. The average molecular weight is 341 g/mol. The van der Waals surface area contributed by atoms with Crippen LogP contribution in [-0.2, 0) is 0 Å². The van der Waals surface area contributed by atoms with E-state index < -0.39 is 0 Å². The Labute approximate surface area is 150 Å². The van der Waals surface area contributed by atoms with Crippen LogP contribution in [0.2, 0.25) is 0 Å². The molecular formula is C21H27NO3. The molecule has 1 N–H and O–H groups in total. The van der Waals surface area contributed by atoms with E-state index in [9.17, 15) is 4.79 Å². The Balaban J connectivity index is 2.18. The molecule has 4 nitrogen and oxygen atoms in total. The Morgan fingerprint density at radius 3 is 2.52 bits per heavy atom. The lowest BCUT2D eigenvalue weighted by Gasteiger charge is -2.14. The Morgan fingerprint density at radius 2 is 1.80 bits per heavy atom. The molecule has 2 aromatic carbocycles. The Morgan fingerprint density at radius 1 is 1.00 bits per heavy atom. The van der Waals surface area contributed by atoms with Gasteiger partial charge in [0.2, 0.25) is 0 Å². The number of carbonyl (C=O) groups is 1. The maximum atomic E-state index is 12.6. The first-order valence-corrected chi connectivity index (χ1v) is 8.83. The summed E-state index contributed by atoms with van der Waals surface area (Å²) < 4.78 is 11.4. The summed E-state index contributed by atoms with van der Waals surface area (Å²) in [4.78, 5) is 12.6. The normalized spacial score (nSPS) is 10.4. The third-order valence-corrected chi connectivity index (χ3v) is 3.90. The quantitative estimate of drug-likeness (QED) is 0.677. The third kappa shape index (κ3) is 5.24. The summed E-state index contributed by atoms with van der Waals surface area (Å²) in [5, 5.41) is 2.97. The van der Waals surface area contributed by atoms with Crippen LogP contribution in [0.5, 0.6) is 11.5 Å². The van der Waals surface area contributed by atoms with E-state index in [4.69, 9.17) is 9.47 Å². The van der Waals surface area contributed by atoms with Crippen molar-refractivity contribution in [2.24, 2.45) is 0 Å². The van der Waals surface area contributed by atoms with Crippen molar-refractivity contribution in [2.75, 3.05) is 18.5 Å². The molecule has 0 saturated carbocycles. The van der Waals surface area contributed by atoms with Crippen LogP contribution in [0.3, 0.4) is 0 Å². The van der Waals surface area contributed by atoms with Crippen LogP contribution in [0.15, 0.2) is 36.4 Å². The number of benzene rings is 2. The third-order valence-electron chi connectivity index (χ3n) is 3.90. The van der Waals surface area contributed by atoms with Crippen LogP contribution in [0.4, 0.5) is 5.69 Å². The number of hydrogen-bond donors (Lipinski definition) is 1. The monoisotopic (exact) mass is 341 g/mol. The Bertz CT molecular complexity index is 725. The SMILES string of the molecule is CCCCOc1ccc(C(=O)Nc2cc(C)ccc2C)cc1OCC. The van der Waals surface area contributed by atoms with Crippen molar-refractivity contribution in [3.63, 3.8) is 0 Å². The summed E-state index contributed by atoms with van der Waals surface area (Å²) in [7, 11) is 0. The maximum Gasteiger partial charge on any atom is 0.255 e. The molecule has 0 saturated heterocycles. The largest absolute Gasteiger partial charge is 0.490 e. The van der Waals surface area contributed by atoms with Crippen LogP contribution >= 0.6 is 0 Å². The van der Waals surface area contributed by atoms with Crippen LogP contribution in [0.1, 0.15) is 48.2 Å². The van der Waals surface area contributed by atoms with Gasteiger partial charge in [0, 0.05) is 11.3 Å². The van der Waals surface area contributed by atoms with Gasteiger partial charge in [-0.15, -0.1) is 0 Å². The van der Waals surface area contributed by atoms with Crippen molar-refractivity contribution in [2.45, 2.75) is 40.5 Å². The highest BCUT2D eigenvalue weighted by molar-refractivity contribution is 6.05. The zero-order valence-electron chi connectivity index (χ0n) is 15.5. The standard InChI is InChI=1S/C21H27NO3/c1-5-7-12-25-19-11-10-17(14-20(19)24-6-2)21(23)22-18-13-15(3)8-9-16(18)4/h8-11,13-14H,5-7,12H2,1-4H3,(H,22,23). The first kappa shape index (κ1) is 18.8. The van der Waals surface area contributed by atoms with Gasteiger partial charge in [-0.25, -0.2) is 0 Å². The molecule has 0 heterocycles. The number of amides is 1. The molecule has 0 radical (unpaired) electrons. The second-order valence-electron chi connectivity index (χ2n) is 6.07. The predicted octanol–water partition coefficient (Wildman–Crippen LogP) is 5.13. The Kier molecular flexibility index (Phi) is 6.87. The number of unbranched alkanes of at least 4 members (excludes halogenated alkanes) is 1. The minimum atomic E-state index is -0.158. The highest BCUT2D eigenvalue weighted by Gasteiger charge is 2.13. The van der Waals surface area contributed by atoms with Gasteiger partial charge in [0.05, 0.1) is 13.2 Å². The molecule has 0 spiro atoms. The zero-order chi connectivity index (χ0) is 18.2. The molecule has 0 aliphatic heterocycles. The second kappa shape index (κ2) is 9.11. The fraction of sp³-hybridized carbons (Fsp3) is 0.381. The second-order valence-corrected chi connectivity index (χ2v) is 6.07. The van der Waals surface area contributed by atoms with Gasteiger partial charge in [-0.1, -0.05) is 25.5 Å². The molecule has 0 atom stereocenters. The van der Waals surface area contributed by atoms with Gasteiger partial charge < -0.3 is 14.8 Å². The molecule has 2 rings (SSSR count). The zero-order valence-corrected chi connectivity index (χ0v) is 15.5. The van der Waals surface area contributed by atoms with Gasteiger partial charge in [-0.3, -0.25) is 4.79 Å². The maximum absolute atomic E-state index is 12.6. The fourth-order valence-corrected chi connectivity index (χ4v) is 2.43. The molecule has 0 fully saturated rings. The number of hydrogen-bond acceptors (Lipinski definition) is 3. The van der Waals surface area contributed by atoms with E-state index in [1.54, 1.807) is 18.2 Å². The average Bonchev–Trinajstić information content (AvgIpc) is 2.59. The van der Waals surface area contributed by atoms with E-state index >= 15 is 0 Å². The van der Waals surface area contributed by atoms with E-state index in [2.05, 4.69) is 12.2 Å². The van der Waals surface area contributed by atoms with E-state index in [1.165, 1.54) is 0 Å². The summed E-state index contributed by atoms with van der Waals surface area (Å²) in [5.74, 6) is 1.13. The van der Waals surface area contributed by atoms with Gasteiger partial charge in [0.1, 0.15) is 0 Å². The smallest absolute Gasteiger partial charge is 0.255 e. The van der Waals surface area contributed by atoms with Crippen LogP contribution in [-0.4, -0.2) is 19.1 Å². The minimum Gasteiger partial charge on any atom is -0.490 e. The molecule has 0 aromatic heterocycles. The first-order chi connectivity index (χ1) is 12.0. The van der Waals surface area contributed by atoms with Crippen molar-refractivity contribution in [3.05, 3.63) is 53.1 Å². The van der Waals surface area contributed by atoms with Gasteiger partial charge in [0.15, 0.2) is 11.5 Å². The van der Waals surface area contributed by atoms with Crippen molar-refractivity contribution >= 4 is 11.6 Å². The summed E-state index contributed by atoms with van der Waals surface area (Å²) in [6.07, 6.45) is 2.06. The molecule has 0 aliphatic rings. The van der Waals surface area contributed by atoms with E-state index in [-0.39, 0.29) is 5.91 Å². The fourth-order valence-electron chi connectivity index (χ4n) is 2.43. The van der Waals surface area contributed by atoms with Crippen molar-refractivity contribution in [3.8, 4) is 11.5 Å². The molecular weight excluding hydrogens is 314 g/mol. The van der Waals surface area contributed by atoms with Gasteiger partial charge >= 0.3 is 0 Å². The number of carbonyl (C=O) groups excluding carboxylic acids is 1. The number of anilines is 1. The van der Waals surface area contributed by atoms with E-state index in [1.807, 2.05) is 39.0 Å². The topological polar surface area (TPSA) is 47.6 Å². The number of rotatable bonds is 8. The van der Waals surface area contributed by atoms with Gasteiger partial charge in [-0.05, 0) is 62.6 Å². The van der Waals surface area contributed by atoms with Crippen molar-refractivity contribution < 1.29 is 14.3 Å². The van der Waals surface area contributed by atoms with Crippen molar-refractivity contribution in [1.82, 2.24) is 0 Å². The van der Waals surface area contributed by atoms with Gasteiger partial charge in [0.25, 0.3) is 5.91 Å². The first-order valence-electron chi connectivity index (χ1n) is 8.83. The van der Waals surface area contributed by atoms with Crippen LogP contribution < -0.4 is 14.8 Å². The lowest BCUT2D eigenvalue weighted by Crippen LogP contribution is -2.13. The molecule has 2 aromatic rings. The summed E-state index contributed by atoms with van der Waals surface area (Å²) in [6.45, 7) is 9.18. The summed E-state index contributed by atoms with van der Waals surface area (Å²) in [6, 6.07) is 11.3. The number of ether oxygens (including phenoxy) is 2. The van der Waals surface area contributed by atoms with Crippen molar-refractivity contribution in [1.29, 1.82) is 0 Å². The summed E-state index contributed by atoms with van der Waals surface area (Å²) >= 11 is 0. The van der Waals surface area contributed by atoms with Crippen LogP contribution in [0, 0.1) is 13.8 Å². The minimum absolute atomic E-state index is 0.158. The molecule has 4 heteroatoms. The predicted molar refractivity (Wildman–Crippen MR) is 102 cm³/mol. The Hall–Kier alpha value is -2.49. The van der Waals surface area contributed by atoms with Crippen LogP contribution in [0.25, 0.3) is 0 Å². The number of aryl methyl sites for hydroxylation is 2. The highest BCUT2D eigenvalue weighted by Crippen LogP contribution is 2.29. The molecule has 0 unspecified atom stereocenters. The molecule has 1 amide bonds. The molecule has 134 valence electrons. The highest BCUT2D eigenvalue weighted by atomic mass is 16.5. The van der Waals surface area contributed by atoms with E-state index in [0.717, 1.165) is 29.7 Å². The molecule has 0 bridgehead atoms. The lowest BCUT2D eigenvalue weighted by molar-refractivity contribution is 0.102. The lowest BCUT2D eigenvalue weighted by atomic mass is 10.1.